The molecular weight excluding hydrogens is 462 g/mol. The summed E-state index contributed by atoms with van der Waals surface area (Å²) < 4.78 is 24.0. The van der Waals surface area contributed by atoms with Crippen molar-refractivity contribution in [2.75, 3.05) is 27.1 Å². The molecule has 2 atom stereocenters. The van der Waals surface area contributed by atoms with Gasteiger partial charge in [0.25, 0.3) is 5.91 Å². The number of hydrogen-bond acceptors (Lipinski definition) is 6. The van der Waals surface area contributed by atoms with Crippen LogP contribution in [0.3, 0.4) is 0 Å². The smallest absolute Gasteiger partial charge is 0.271 e. The predicted molar refractivity (Wildman–Crippen MR) is 131 cm³/mol. The Kier molecular flexibility index (Phi) is 5.52. The molecule has 0 aliphatic carbocycles. The van der Waals surface area contributed by atoms with Gasteiger partial charge in [-0.15, -0.1) is 0 Å². The number of carbonyl (C=O) groups excluding carboxylic acids is 2. The van der Waals surface area contributed by atoms with Crippen molar-refractivity contribution in [2.45, 2.75) is 44.5 Å². The van der Waals surface area contributed by atoms with E-state index in [0.29, 0.717) is 42.6 Å². The zero-order valence-corrected chi connectivity index (χ0v) is 20.4. The first-order valence-corrected chi connectivity index (χ1v) is 12.2. The molecular formula is C27H29N3O6. The van der Waals surface area contributed by atoms with Crippen LogP contribution in [0, 0.1) is 0 Å². The number of methoxy groups -OCH3 is 1. The second-order valence-corrected chi connectivity index (χ2v) is 9.74. The van der Waals surface area contributed by atoms with Gasteiger partial charge in [0.1, 0.15) is 17.0 Å². The molecule has 0 bridgehead atoms. The molecule has 3 aliphatic rings. The second-order valence-electron chi connectivity index (χ2n) is 9.74. The van der Waals surface area contributed by atoms with E-state index in [-0.39, 0.29) is 31.3 Å². The Morgan fingerprint density at radius 3 is 2.83 bits per heavy atom. The molecule has 3 aromatic rings. The predicted octanol–water partition coefficient (Wildman–Crippen LogP) is 3.09. The van der Waals surface area contributed by atoms with Gasteiger partial charge in [-0.1, -0.05) is 6.07 Å². The van der Waals surface area contributed by atoms with E-state index in [1.54, 1.807) is 12.0 Å². The SMILES string of the molecule is COc1ccc2cc3n(c2c1)C[C@](C)(C(=O)NC[C@H]1CCCO1)N(Cc1ccc2c(c1)OCO2)C3=O. The molecule has 9 nitrogen and oxygen atoms in total. The molecule has 1 N–H and O–H groups in total. The van der Waals surface area contributed by atoms with E-state index in [1.165, 1.54) is 0 Å². The van der Waals surface area contributed by atoms with E-state index in [1.807, 2.05) is 54.0 Å². The van der Waals surface area contributed by atoms with Gasteiger partial charge in [0.2, 0.25) is 12.7 Å². The van der Waals surface area contributed by atoms with Gasteiger partial charge in [-0.25, -0.2) is 0 Å². The molecule has 36 heavy (non-hydrogen) atoms. The van der Waals surface area contributed by atoms with Crippen LogP contribution in [0.25, 0.3) is 10.9 Å². The zero-order valence-electron chi connectivity index (χ0n) is 20.4. The molecule has 1 aromatic heterocycles. The van der Waals surface area contributed by atoms with Crippen LogP contribution in [-0.2, 0) is 22.6 Å². The van der Waals surface area contributed by atoms with Crippen LogP contribution in [0.15, 0.2) is 42.5 Å². The van der Waals surface area contributed by atoms with Crippen LogP contribution in [0.1, 0.15) is 35.8 Å². The fraction of sp³-hybridized carbons (Fsp3) is 0.407. The maximum atomic E-state index is 14.0. The van der Waals surface area contributed by atoms with Gasteiger partial charge < -0.3 is 33.7 Å². The van der Waals surface area contributed by atoms with Crippen molar-refractivity contribution in [3.8, 4) is 17.2 Å². The largest absolute Gasteiger partial charge is 0.497 e. The van der Waals surface area contributed by atoms with E-state index >= 15 is 0 Å². The van der Waals surface area contributed by atoms with Gasteiger partial charge in [0.05, 0.1) is 25.3 Å². The minimum absolute atomic E-state index is 0.00591. The number of rotatable bonds is 6. The number of nitrogens with zero attached hydrogens (tertiary/aromatic N) is 2. The number of hydrogen-bond donors (Lipinski definition) is 1. The normalized spacial score (nSPS) is 22.7. The van der Waals surface area contributed by atoms with Gasteiger partial charge >= 0.3 is 0 Å². The molecule has 6 rings (SSSR count). The Hall–Kier alpha value is -3.72. The first-order valence-electron chi connectivity index (χ1n) is 12.2. The fourth-order valence-electron chi connectivity index (χ4n) is 5.33. The molecule has 188 valence electrons. The van der Waals surface area contributed by atoms with Gasteiger partial charge in [-0.2, -0.15) is 0 Å². The van der Waals surface area contributed by atoms with Gasteiger partial charge in [-0.05, 0) is 55.7 Å². The molecule has 2 amide bonds. The summed E-state index contributed by atoms with van der Waals surface area (Å²) in [6, 6.07) is 13.2. The average Bonchev–Trinajstić information content (AvgIpc) is 3.64. The third-order valence-corrected chi connectivity index (χ3v) is 7.42. The lowest BCUT2D eigenvalue weighted by molar-refractivity contribution is -0.133. The van der Waals surface area contributed by atoms with Crippen molar-refractivity contribution in [2.24, 2.45) is 0 Å². The monoisotopic (exact) mass is 491 g/mol. The molecule has 0 unspecified atom stereocenters. The van der Waals surface area contributed by atoms with Crippen molar-refractivity contribution in [3.05, 3.63) is 53.7 Å². The summed E-state index contributed by atoms with van der Waals surface area (Å²) >= 11 is 0. The summed E-state index contributed by atoms with van der Waals surface area (Å²) in [5.41, 5.74) is 1.13. The molecule has 0 saturated carbocycles. The Bertz CT molecular complexity index is 1340. The number of fused-ring (bicyclic) bond motifs is 4. The molecule has 1 saturated heterocycles. The first kappa shape index (κ1) is 22.7. The molecule has 3 aliphatic heterocycles. The highest BCUT2D eigenvalue weighted by molar-refractivity contribution is 6.03. The van der Waals surface area contributed by atoms with E-state index in [0.717, 1.165) is 29.3 Å². The maximum Gasteiger partial charge on any atom is 0.271 e. The van der Waals surface area contributed by atoms with Gasteiger partial charge in [-0.3, -0.25) is 9.59 Å². The Labute approximate surface area is 208 Å². The van der Waals surface area contributed by atoms with Crippen molar-refractivity contribution in [1.82, 2.24) is 14.8 Å². The summed E-state index contributed by atoms with van der Waals surface area (Å²) in [6.45, 7) is 3.71. The van der Waals surface area contributed by atoms with Crippen LogP contribution in [0.5, 0.6) is 17.2 Å². The molecule has 2 aromatic carbocycles. The van der Waals surface area contributed by atoms with Crippen molar-refractivity contribution >= 4 is 22.7 Å². The first-order chi connectivity index (χ1) is 17.5. The van der Waals surface area contributed by atoms with Crippen molar-refractivity contribution in [3.63, 3.8) is 0 Å². The number of benzene rings is 2. The zero-order chi connectivity index (χ0) is 24.9. The third kappa shape index (κ3) is 3.74. The van der Waals surface area contributed by atoms with Crippen LogP contribution in [0.2, 0.25) is 0 Å². The Balaban J connectivity index is 1.38. The number of nitrogens with one attached hydrogen (secondary N) is 1. The molecule has 0 spiro atoms. The van der Waals surface area contributed by atoms with Crippen molar-refractivity contribution < 1.29 is 28.5 Å². The molecule has 9 heteroatoms. The summed E-state index contributed by atoms with van der Waals surface area (Å²) in [5.74, 6) is 1.60. The number of amides is 2. The quantitative estimate of drug-likeness (QED) is 0.570. The van der Waals surface area contributed by atoms with Crippen molar-refractivity contribution in [1.29, 1.82) is 0 Å². The highest BCUT2D eigenvalue weighted by Gasteiger charge is 2.48. The van der Waals surface area contributed by atoms with Crippen LogP contribution >= 0.6 is 0 Å². The standard InChI is InChI=1S/C27H29N3O6/c1-27(26(32)28-13-20-4-3-9-34-20)15-29-21-12-19(33-2)7-6-18(21)11-22(29)25(31)30(27)14-17-5-8-23-24(10-17)36-16-35-23/h5-8,10-12,20H,3-4,9,13-16H2,1-2H3,(H,28,32)/t20-,27-/m1/s1. The highest BCUT2D eigenvalue weighted by Crippen LogP contribution is 2.37. The average molecular weight is 492 g/mol. The summed E-state index contributed by atoms with van der Waals surface area (Å²) in [5, 5.41) is 3.99. The van der Waals surface area contributed by atoms with Gasteiger partial charge in [0.15, 0.2) is 11.5 Å². The third-order valence-electron chi connectivity index (χ3n) is 7.42. The van der Waals surface area contributed by atoms with E-state index < -0.39 is 5.54 Å². The summed E-state index contributed by atoms with van der Waals surface area (Å²) in [6.07, 6.45) is 1.92. The van der Waals surface area contributed by atoms with Crippen LogP contribution in [-0.4, -0.2) is 60.0 Å². The summed E-state index contributed by atoms with van der Waals surface area (Å²) in [7, 11) is 1.61. The molecule has 0 radical (unpaired) electrons. The lowest BCUT2D eigenvalue weighted by atomic mass is 9.93. The van der Waals surface area contributed by atoms with Crippen LogP contribution < -0.4 is 19.5 Å². The molecule has 4 heterocycles. The number of carbonyl (C=O) groups is 2. The number of ether oxygens (including phenoxy) is 4. The minimum Gasteiger partial charge on any atom is -0.497 e. The topological polar surface area (TPSA) is 91.3 Å². The number of aromatic nitrogens is 1. The van der Waals surface area contributed by atoms with Gasteiger partial charge in [0, 0.05) is 31.1 Å². The Morgan fingerprint density at radius 2 is 2.03 bits per heavy atom. The minimum atomic E-state index is -1.13. The highest BCUT2D eigenvalue weighted by atomic mass is 16.7. The fourth-order valence-corrected chi connectivity index (χ4v) is 5.33. The second kappa shape index (κ2) is 8.74. The molecule has 1 fully saturated rings. The summed E-state index contributed by atoms with van der Waals surface area (Å²) in [4.78, 5) is 29.4. The van der Waals surface area contributed by atoms with E-state index in [4.69, 9.17) is 18.9 Å². The lowest BCUT2D eigenvalue weighted by Crippen LogP contribution is -2.64. The maximum absolute atomic E-state index is 14.0. The van der Waals surface area contributed by atoms with E-state index in [2.05, 4.69) is 5.32 Å². The lowest BCUT2D eigenvalue weighted by Gasteiger charge is -2.44. The Morgan fingerprint density at radius 1 is 1.17 bits per heavy atom. The van der Waals surface area contributed by atoms with E-state index in [9.17, 15) is 9.59 Å². The van der Waals surface area contributed by atoms with Crippen LogP contribution in [0.4, 0.5) is 0 Å².